The Morgan fingerprint density at radius 2 is 2.11 bits per heavy atom. The van der Waals surface area contributed by atoms with E-state index < -0.39 is 0 Å². The van der Waals surface area contributed by atoms with Gasteiger partial charge in [0.15, 0.2) is 0 Å². The van der Waals surface area contributed by atoms with E-state index >= 15 is 0 Å². The summed E-state index contributed by atoms with van der Waals surface area (Å²) in [5.41, 5.74) is 2.45. The molecule has 2 heterocycles. The van der Waals surface area contributed by atoms with Gasteiger partial charge >= 0.3 is 0 Å². The highest BCUT2D eigenvalue weighted by Crippen LogP contribution is 2.18. The van der Waals surface area contributed by atoms with Crippen LogP contribution in [0, 0.1) is 12.8 Å². The van der Waals surface area contributed by atoms with Crippen LogP contribution in [0.2, 0.25) is 0 Å². The van der Waals surface area contributed by atoms with E-state index in [9.17, 15) is 0 Å². The number of hydrogen-bond donors (Lipinski definition) is 1. The lowest BCUT2D eigenvalue weighted by Gasteiger charge is -2.31. The molecule has 1 saturated heterocycles. The number of aromatic nitrogens is 2. The molecule has 4 nitrogen and oxygen atoms in total. The van der Waals surface area contributed by atoms with E-state index in [0.717, 1.165) is 24.7 Å². The van der Waals surface area contributed by atoms with Crippen molar-refractivity contribution in [3.8, 4) is 0 Å². The van der Waals surface area contributed by atoms with Gasteiger partial charge in [0.05, 0.1) is 11.4 Å². The van der Waals surface area contributed by atoms with Crippen molar-refractivity contribution in [2.24, 2.45) is 13.0 Å². The Morgan fingerprint density at radius 3 is 2.67 bits per heavy atom. The zero-order valence-electron chi connectivity index (χ0n) is 11.9. The van der Waals surface area contributed by atoms with E-state index in [4.69, 9.17) is 0 Å². The van der Waals surface area contributed by atoms with Gasteiger partial charge in [0.25, 0.3) is 0 Å². The maximum atomic E-state index is 4.41. The number of nitrogens with zero attached hydrogens (tertiary/aromatic N) is 3. The van der Waals surface area contributed by atoms with Crippen molar-refractivity contribution in [1.29, 1.82) is 0 Å². The van der Waals surface area contributed by atoms with Crippen molar-refractivity contribution < 1.29 is 0 Å². The quantitative estimate of drug-likeness (QED) is 0.861. The molecule has 0 aromatic carbocycles. The van der Waals surface area contributed by atoms with Gasteiger partial charge in [0.2, 0.25) is 0 Å². The first-order valence-electron chi connectivity index (χ1n) is 7.11. The minimum Gasteiger partial charge on any atom is -0.317 e. The number of piperidine rings is 1. The monoisotopic (exact) mass is 250 g/mol. The molecule has 0 amide bonds. The highest BCUT2D eigenvalue weighted by molar-refractivity contribution is 5.08. The van der Waals surface area contributed by atoms with Crippen molar-refractivity contribution in [1.82, 2.24) is 20.0 Å². The molecule has 1 aliphatic rings. The normalized spacial score (nSPS) is 18.4. The van der Waals surface area contributed by atoms with Gasteiger partial charge in [-0.3, -0.25) is 9.58 Å². The smallest absolute Gasteiger partial charge is 0.0597 e. The molecular formula is C14H26N4. The Bertz CT molecular complexity index is 364. The first-order valence-corrected chi connectivity index (χ1v) is 7.11. The molecule has 1 fully saturated rings. The molecule has 4 heteroatoms. The minimum absolute atomic E-state index is 0.870. The van der Waals surface area contributed by atoms with E-state index in [2.05, 4.69) is 35.2 Å². The van der Waals surface area contributed by atoms with Gasteiger partial charge in [-0.15, -0.1) is 0 Å². The molecule has 0 saturated carbocycles. The molecule has 0 aliphatic carbocycles. The number of nitrogens with one attached hydrogen (secondary N) is 1. The van der Waals surface area contributed by atoms with Crippen LogP contribution in [-0.4, -0.2) is 40.9 Å². The summed E-state index contributed by atoms with van der Waals surface area (Å²) >= 11 is 0. The first kappa shape index (κ1) is 13.6. The lowest BCUT2D eigenvalue weighted by molar-refractivity contribution is 0.172. The standard InChI is InChI=1S/C14H26N4/c1-4-15-10-13-5-7-18(8-6-13)11-14-9-12(2)16-17(14)3/h9,13,15H,4-8,10-11H2,1-3H3. The predicted octanol–water partition coefficient (Wildman–Crippen LogP) is 1.55. The first-order chi connectivity index (χ1) is 8.69. The summed E-state index contributed by atoms with van der Waals surface area (Å²) in [7, 11) is 2.04. The summed E-state index contributed by atoms with van der Waals surface area (Å²) in [5, 5.41) is 7.87. The second-order valence-electron chi connectivity index (χ2n) is 5.43. The van der Waals surface area contributed by atoms with Crippen molar-refractivity contribution in [2.75, 3.05) is 26.2 Å². The molecular weight excluding hydrogens is 224 g/mol. The van der Waals surface area contributed by atoms with E-state index in [1.165, 1.54) is 38.2 Å². The topological polar surface area (TPSA) is 33.1 Å². The zero-order chi connectivity index (χ0) is 13.0. The molecule has 2 rings (SSSR count). The summed E-state index contributed by atoms with van der Waals surface area (Å²) in [6.45, 7) is 10.0. The molecule has 0 unspecified atom stereocenters. The predicted molar refractivity (Wildman–Crippen MR) is 74.5 cm³/mol. The minimum atomic E-state index is 0.870. The van der Waals surface area contributed by atoms with Crippen LogP contribution in [0.4, 0.5) is 0 Å². The summed E-state index contributed by atoms with van der Waals surface area (Å²) in [6.07, 6.45) is 2.65. The molecule has 1 aromatic heterocycles. The summed E-state index contributed by atoms with van der Waals surface area (Å²) in [6, 6.07) is 2.20. The van der Waals surface area contributed by atoms with E-state index in [1.807, 2.05) is 11.7 Å². The van der Waals surface area contributed by atoms with Crippen LogP contribution in [0.15, 0.2) is 6.07 Å². The Balaban J connectivity index is 1.78. The van der Waals surface area contributed by atoms with Gasteiger partial charge in [0, 0.05) is 13.6 Å². The summed E-state index contributed by atoms with van der Waals surface area (Å²) < 4.78 is 2.01. The molecule has 1 aromatic rings. The Hall–Kier alpha value is -0.870. The lowest BCUT2D eigenvalue weighted by atomic mass is 9.96. The van der Waals surface area contributed by atoms with Gasteiger partial charge in [-0.05, 0) is 57.9 Å². The average Bonchev–Trinajstić information content (AvgIpc) is 2.67. The third kappa shape index (κ3) is 3.56. The maximum Gasteiger partial charge on any atom is 0.0597 e. The van der Waals surface area contributed by atoms with Gasteiger partial charge < -0.3 is 5.32 Å². The van der Waals surface area contributed by atoms with Crippen molar-refractivity contribution >= 4 is 0 Å². The van der Waals surface area contributed by atoms with Crippen LogP contribution in [0.3, 0.4) is 0 Å². The fraction of sp³-hybridized carbons (Fsp3) is 0.786. The highest BCUT2D eigenvalue weighted by atomic mass is 15.3. The van der Waals surface area contributed by atoms with E-state index in [1.54, 1.807) is 0 Å². The van der Waals surface area contributed by atoms with Gasteiger partial charge in [0.1, 0.15) is 0 Å². The van der Waals surface area contributed by atoms with Crippen molar-refractivity contribution in [2.45, 2.75) is 33.2 Å². The molecule has 0 bridgehead atoms. The van der Waals surface area contributed by atoms with Crippen LogP contribution >= 0.6 is 0 Å². The third-order valence-corrected chi connectivity index (χ3v) is 3.87. The highest BCUT2D eigenvalue weighted by Gasteiger charge is 2.19. The molecule has 0 radical (unpaired) electrons. The SMILES string of the molecule is CCNCC1CCN(Cc2cc(C)nn2C)CC1. The number of aryl methyl sites for hydroxylation is 2. The largest absolute Gasteiger partial charge is 0.317 e. The second kappa shape index (κ2) is 6.34. The molecule has 102 valence electrons. The maximum absolute atomic E-state index is 4.41. The lowest BCUT2D eigenvalue weighted by Crippen LogP contribution is -2.37. The van der Waals surface area contributed by atoms with Gasteiger partial charge in [-0.2, -0.15) is 5.10 Å². The van der Waals surface area contributed by atoms with Gasteiger partial charge in [-0.1, -0.05) is 6.92 Å². The fourth-order valence-electron chi connectivity index (χ4n) is 2.74. The van der Waals surface area contributed by atoms with E-state index in [0.29, 0.717) is 0 Å². The molecule has 1 N–H and O–H groups in total. The summed E-state index contributed by atoms with van der Waals surface area (Å²) in [4.78, 5) is 2.55. The number of hydrogen-bond acceptors (Lipinski definition) is 3. The second-order valence-corrected chi connectivity index (χ2v) is 5.43. The zero-order valence-corrected chi connectivity index (χ0v) is 11.9. The molecule has 1 aliphatic heterocycles. The van der Waals surface area contributed by atoms with Gasteiger partial charge in [-0.25, -0.2) is 0 Å². The van der Waals surface area contributed by atoms with Crippen LogP contribution in [0.5, 0.6) is 0 Å². The van der Waals surface area contributed by atoms with Crippen LogP contribution in [0.1, 0.15) is 31.2 Å². The summed E-state index contributed by atoms with van der Waals surface area (Å²) in [5.74, 6) is 0.870. The molecule has 0 spiro atoms. The van der Waals surface area contributed by atoms with Crippen molar-refractivity contribution in [3.05, 3.63) is 17.5 Å². The Morgan fingerprint density at radius 1 is 1.39 bits per heavy atom. The number of likely N-dealkylation sites (tertiary alicyclic amines) is 1. The van der Waals surface area contributed by atoms with Crippen LogP contribution < -0.4 is 5.32 Å². The Kier molecular flexibility index (Phi) is 4.78. The van der Waals surface area contributed by atoms with E-state index in [-0.39, 0.29) is 0 Å². The third-order valence-electron chi connectivity index (χ3n) is 3.87. The Labute approximate surface area is 110 Å². The molecule has 18 heavy (non-hydrogen) atoms. The van der Waals surface area contributed by atoms with Crippen LogP contribution in [0.25, 0.3) is 0 Å². The van der Waals surface area contributed by atoms with Crippen molar-refractivity contribution in [3.63, 3.8) is 0 Å². The number of rotatable bonds is 5. The average molecular weight is 250 g/mol. The molecule has 0 atom stereocenters. The van der Waals surface area contributed by atoms with Crippen LogP contribution in [-0.2, 0) is 13.6 Å². The fourth-order valence-corrected chi connectivity index (χ4v) is 2.74.